The average molecular weight is 318 g/mol. The maximum absolute atomic E-state index is 11.7. The van der Waals surface area contributed by atoms with Crippen molar-refractivity contribution >= 4 is 28.9 Å². The number of thioether (sulfide) groups is 1. The van der Waals surface area contributed by atoms with Crippen LogP contribution in [0.15, 0.2) is 4.99 Å². The number of hydrogen-bond acceptors (Lipinski definition) is 7. The fraction of sp³-hybridized carbons (Fsp3) is 0.769. The average Bonchev–Trinajstić information content (AvgIpc) is 2.71. The molecule has 7 nitrogen and oxygen atoms in total. The van der Waals surface area contributed by atoms with Crippen LogP contribution in [0.1, 0.15) is 34.6 Å². The lowest BCUT2D eigenvalue weighted by Crippen LogP contribution is -2.41. The molecule has 2 N–H and O–H groups in total. The van der Waals surface area contributed by atoms with E-state index in [0.29, 0.717) is 5.04 Å². The Morgan fingerprint density at radius 2 is 2.14 bits per heavy atom. The summed E-state index contributed by atoms with van der Waals surface area (Å²) in [6.07, 6.45) is -0.579. The molecule has 1 unspecified atom stereocenters. The highest BCUT2D eigenvalue weighted by Gasteiger charge is 2.43. The van der Waals surface area contributed by atoms with Crippen molar-refractivity contribution in [1.82, 2.24) is 5.32 Å². The number of nitrogens with zero attached hydrogens (tertiary/aromatic N) is 1. The molecule has 21 heavy (non-hydrogen) atoms. The molecule has 0 fully saturated rings. The van der Waals surface area contributed by atoms with E-state index >= 15 is 0 Å². The van der Waals surface area contributed by atoms with E-state index in [4.69, 9.17) is 9.47 Å². The summed E-state index contributed by atoms with van der Waals surface area (Å²) in [5.41, 5.74) is -2.47. The smallest absolute Gasteiger partial charge is 0.408 e. The second kappa shape index (κ2) is 6.65. The van der Waals surface area contributed by atoms with Gasteiger partial charge in [0.1, 0.15) is 5.60 Å². The lowest BCUT2D eigenvalue weighted by atomic mass is 10.2. The molecule has 2 atom stereocenters. The summed E-state index contributed by atoms with van der Waals surface area (Å²) in [5.74, 6) is -0.710. The molecular weight excluding hydrogens is 296 g/mol. The van der Waals surface area contributed by atoms with Gasteiger partial charge < -0.3 is 19.9 Å². The zero-order valence-electron chi connectivity index (χ0n) is 12.9. The van der Waals surface area contributed by atoms with Gasteiger partial charge in [0.05, 0.1) is 23.4 Å². The minimum atomic E-state index is -1.88. The summed E-state index contributed by atoms with van der Waals surface area (Å²) in [4.78, 5) is 27.3. The maximum atomic E-state index is 11.7. The van der Waals surface area contributed by atoms with Gasteiger partial charge in [-0.05, 0) is 34.6 Å². The van der Waals surface area contributed by atoms with Crippen LogP contribution in [0.25, 0.3) is 0 Å². The second-order valence-electron chi connectivity index (χ2n) is 5.64. The number of esters is 1. The number of aliphatic imine (C=N–C) groups is 1. The molecule has 1 rings (SSSR count). The summed E-state index contributed by atoms with van der Waals surface area (Å²) < 4.78 is 9.92. The fourth-order valence-corrected chi connectivity index (χ4v) is 2.60. The molecule has 1 aliphatic rings. The van der Waals surface area contributed by atoms with Crippen molar-refractivity contribution in [2.75, 3.05) is 12.4 Å². The van der Waals surface area contributed by atoms with E-state index in [2.05, 4.69) is 10.3 Å². The minimum absolute atomic E-state index is 0.0709. The van der Waals surface area contributed by atoms with Crippen LogP contribution in [-0.2, 0) is 14.3 Å². The van der Waals surface area contributed by atoms with Gasteiger partial charge in [0.2, 0.25) is 0 Å². The largest absolute Gasteiger partial charge is 0.462 e. The predicted octanol–water partition coefficient (Wildman–Crippen LogP) is 1.30. The topological polar surface area (TPSA) is 97.2 Å². The molecule has 0 radical (unpaired) electrons. The molecule has 8 heteroatoms. The first-order chi connectivity index (χ1) is 9.57. The Hall–Kier alpha value is -1.28. The lowest BCUT2D eigenvalue weighted by molar-refractivity contribution is -0.161. The van der Waals surface area contributed by atoms with E-state index in [0.717, 1.165) is 0 Å². The van der Waals surface area contributed by atoms with E-state index in [-0.39, 0.29) is 12.4 Å². The Morgan fingerprint density at radius 3 is 2.67 bits per heavy atom. The molecule has 120 valence electrons. The molecular formula is C13H22N2O5S. The van der Waals surface area contributed by atoms with Gasteiger partial charge in [0.25, 0.3) is 5.72 Å². The van der Waals surface area contributed by atoms with Crippen molar-refractivity contribution in [2.45, 2.75) is 52.0 Å². The summed E-state index contributed by atoms with van der Waals surface area (Å²) in [6.45, 7) is 8.81. The number of carbonyl (C=O) groups is 2. The van der Waals surface area contributed by atoms with E-state index in [1.54, 1.807) is 34.6 Å². The molecule has 1 aliphatic heterocycles. The molecule has 1 amide bonds. The molecule has 0 aromatic carbocycles. The number of nitrogens with one attached hydrogen (secondary N) is 1. The Kier molecular flexibility index (Phi) is 5.63. The van der Waals surface area contributed by atoms with Gasteiger partial charge >= 0.3 is 12.1 Å². The van der Waals surface area contributed by atoms with Crippen LogP contribution in [0.5, 0.6) is 0 Å². The monoisotopic (exact) mass is 318 g/mol. The molecule has 0 aromatic heterocycles. The zero-order valence-corrected chi connectivity index (χ0v) is 13.7. The highest BCUT2D eigenvalue weighted by atomic mass is 32.2. The van der Waals surface area contributed by atoms with Gasteiger partial charge in [-0.3, -0.25) is 0 Å². The highest BCUT2D eigenvalue weighted by Crippen LogP contribution is 2.28. The lowest BCUT2D eigenvalue weighted by Gasteiger charge is -2.21. The summed E-state index contributed by atoms with van der Waals surface area (Å²) in [7, 11) is 0. The van der Waals surface area contributed by atoms with Crippen molar-refractivity contribution in [2.24, 2.45) is 4.99 Å². The van der Waals surface area contributed by atoms with E-state index in [1.807, 2.05) is 0 Å². The van der Waals surface area contributed by atoms with E-state index < -0.39 is 29.4 Å². The van der Waals surface area contributed by atoms with Crippen molar-refractivity contribution in [3.8, 4) is 0 Å². The number of ether oxygens (including phenoxy) is 2. The van der Waals surface area contributed by atoms with Crippen LogP contribution in [-0.4, -0.2) is 51.9 Å². The third-order valence-electron chi connectivity index (χ3n) is 2.42. The standard InChI is InChI=1S/C13H22N2O5S/c1-6-19-10(16)13(18)7-21-9(15-13)8(2)14-11(17)20-12(3,4)5/h8,18H,6-7H2,1-5H3,(H,14,17)/t8-,13?/m0/s1. The molecule has 0 saturated carbocycles. The first-order valence-electron chi connectivity index (χ1n) is 6.69. The quantitative estimate of drug-likeness (QED) is 0.758. The van der Waals surface area contributed by atoms with Crippen LogP contribution < -0.4 is 5.32 Å². The van der Waals surface area contributed by atoms with Crippen LogP contribution in [0.4, 0.5) is 4.79 Å². The number of alkyl carbamates (subject to hydrolysis) is 1. The van der Waals surface area contributed by atoms with Gasteiger partial charge in [-0.1, -0.05) is 0 Å². The van der Waals surface area contributed by atoms with Crippen LogP contribution in [0.3, 0.4) is 0 Å². The molecule has 0 saturated heterocycles. The van der Waals surface area contributed by atoms with Gasteiger partial charge in [-0.15, -0.1) is 11.8 Å². The second-order valence-corrected chi connectivity index (χ2v) is 6.64. The SMILES string of the molecule is CCOC(=O)C1(O)CSC([C@H](C)NC(=O)OC(C)(C)C)=N1. The molecule has 0 spiro atoms. The number of carbonyl (C=O) groups excluding carboxylic acids is 2. The summed E-state index contributed by atoms with van der Waals surface area (Å²) in [6, 6.07) is -0.465. The van der Waals surface area contributed by atoms with Crippen LogP contribution >= 0.6 is 11.8 Å². The van der Waals surface area contributed by atoms with Crippen LogP contribution in [0.2, 0.25) is 0 Å². The number of amides is 1. The first-order valence-corrected chi connectivity index (χ1v) is 7.67. The predicted molar refractivity (Wildman–Crippen MR) is 80.3 cm³/mol. The third-order valence-corrected chi connectivity index (χ3v) is 3.71. The Morgan fingerprint density at radius 1 is 1.52 bits per heavy atom. The van der Waals surface area contributed by atoms with Crippen LogP contribution in [0, 0.1) is 0 Å². The van der Waals surface area contributed by atoms with E-state index in [9.17, 15) is 14.7 Å². The Labute approximate surface area is 128 Å². The van der Waals surface area contributed by atoms with Gasteiger partial charge in [-0.2, -0.15) is 0 Å². The molecule has 1 heterocycles. The van der Waals surface area contributed by atoms with Crippen molar-refractivity contribution in [3.63, 3.8) is 0 Å². The normalized spacial score (nSPS) is 23.2. The van der Waals surface area contributed by atoms with Gasteiger partial charge in [0, 0.05) is 0 Å². The number of aliphatic hydroxyl groups is 1. The summed E-state index contributed by atoms with van der Waals surface area (Å²) in [5, 5.41) is 13.2. The minimum Gasteiger partial charge on any atom is -0.462 e. The summed E-state index contributed by atoms with van der Waals surface area (Å²) >= 11 is 1.20. The third kappa shape index (κ3) is 5.20. The maximum Gasteiger partial charge on any atom is 0.408 e. The van der Waals surface area contributed by atoms with Crippen molar-refractivity contribution < 1.29 is 24.2 Å². The molecule has 0 bridgehead atoms. The zero-order chi connectivity index (χ0) is 16.3. The van der Waals surface area contributed by atoms with Gasteiger partial charge in [-0.25, -0.2) is 14.6 Å². The highest BCUT2D eigenvalue weighted by molar-refractivity contribution is 8.14. The van der Waals surface area contributed by atoms with Crippen molar-refractivity contribution in [1.29, 1.82) is 0 Å². The number of hydrogen-bond donors (Lipinski definition) is 2. The fourth-order valence-electron chi connectivity index (χ4n) is 1.54. The Bertz CT molecular complexity index is 446. The Balaban J connectivity index is 2.66. The molecule has 0 aromatic rings. The molecule has 0 aliphatic carbocycles. The number of rotatable bonds is 4. The first kappa shape index (κ1) is 17.8. The van der Waals surface area contributed by atoms with E-state index in [1.165, 1.54) is 11.8 Å². The van der Waals surface area contributed by atoms with Crippen molar-refractivity contribution in [3.05, 3.63) is 0 Å². The van der Waals surface area contributed by atoms with Gasteiger partial charge in [0.15, 0.2) is 0 Å².